The summed E-state index contributed by atoms with van der Waals surface area (Å²) >= 11 is 0. The Morgan fingerprint density at radius 2 is 1.70 bits per heavy atom. The SMILES string of the molecule is Cc1ccc(S(=O)(=O)N(C)C[C@H]2Oc3cc(C#Cc4ccccc4)ccc3S(=O)(=O)N([C@H](C)CO)C[C@H]2C)cc1. The minimum Gasteiger partial charge on any atom is -0.487 e. The molecule has 10 heteroatoms. The fourth-order valence-corrected chi connectivity index (χ4v) is 7.44. The lowest BCUT2D eigenvalue weighted by atomic mass is 10.0. The molecule has 8 nitrogen and oxygen atoms in total. The molecule has 3 aromatic carbocycles. The molecule has 0 spiro atoms. The van der Waals surface area contributed by atoms with E-state index >= 15 is 0 Å². The van der Waals surface area contributed by atoms with Crippen molar-refractivity contribution in [1.29, 1.82) is 0 Å². The first-order chi connectivity index (χ1) is 18.9. The van der Waals surface area contributed by atoms with Crippen LogP contribution in [-0.2, 0) is 20.0 Å². The van der Waals surface area contributed by atoms with Gasteiger partial charge in [-0.1, -0.05) is 54.7 Å². The zero-order valence-electron chi connectivity index (χ0n) is 23.0. The number of likely N-dealkylation sites (N-methyl/N-ethyl adjacent to an activating group) is 1. The van der Waals surface area contributed by atoms with Gasteiger partial charge in [0.05, 0.1) is 18.0 Å². The summed E-state index contributed by atoms with van der Waals surface area (Å²) in [6.07, 6.45) is -0.690. The van der Waals surface area contributed by atoms with Crippen LogP contribution in [0.3, 0.4) is 0 Å². The van der Waals surface area contributed by atoms with Gasteiger partial charge < -0.3 is 9.84 Å². The van der Waals surface area contributed by atoms with Crippen LogP contribution in [0.1, 0.15) is 30.5 Å². The summed E-state index contributed by atoms with van der Waals surface area (Å²) in [5, 5.41) is 9.86. The van der Waals surface area contributed by atoms with Crippen molar-refractivity contribution in [2.75, 3.05) is 26.7 Å². The normalized spacial score (nSPS) is 19.9. The van der Waals surface area contributed by atoms with Crippen molar-refractivity contribution in [2.24, 2.45) is 5.92 Å². The van der Waals surface area contributed by atoms with E-state index in [1.165, 1.54) is 21.7 Å². The van der Waals surface area contributed by atoms with Gasteiger partial charge in [-0.05, 0) is 56.3 Å². The molecular formula is C30H34N2O6S2. The molecule has 0 aliphatic carbocycles. The molecule has 0 amide bonds. The number of benzene rings is 3. The number of aryl methyl sites for hydroxylation is 1. The van der Waals surface area contributed by atoms with Crippen molar-refractivity contribution >= 4 is 20.0 Å². The van der Waals surface area contributed by atoms with Gasteiger partial charge in [0, 0.05) is 36.7 Å². The number of ether oxygens (including phenoxy) is 1. The molecule has 0 unspecified atom stereocenters. The Labute approximate surface area is 237 Å². The van der Waals surface area contributed by atoms with Crippen molar-refractivity contribution < 1.29 is 26.7 Å². The summed E-state index contributed by atoms with van der Waals surface area (Å²) in [5.41, 5.74) is 2.30. The topological polar surface area (TPSA) is 104 Å². The van der Waals surface area contributed by atoms with Crippen molar-refractivity contribution in [2.45, 2.75) is 42.7 Å². The minimum absolute atomic E-state index is 0.0157. The predicted octanol–water partition coefficient (Wildman–Crippen LogP) is 3.48. The lowest BCUT2D eigenvalue weighted by molar-refractivity contribution is 0.0904. The third-order valence-electron chi connectivity index (χ3n) is 6.96. The highest BCUT2D eigenvalue weighted by molar-refractivity contribution is 7.89. The van der Waals surface area contributed by atoms with Crippen LogP contribution in [0, 0.1) is 24.7 Å². The first-order valence-corrected chi connectivity index (χ1v) is 15.8. The van der Waals surface area contributed by atoms with Gasteiger partial charge in [0.1, 0.15) is 16.7 Å². The molecule has 1 aliphatic heterocycles. The number of fused-ring (bicyclic) bond motifs is 1. The molecule has 40 heavy (non-hydrogen) atoms. The summed E-state index contributed by atoms with van der Waals surface area (Å²) in [7, 11) is -6.37. The van der Waals surface area contributed by atoms with Crippen molar-refractivity contribution in [3.8, 4) is 17.6 Å². The minimum atomic E-state index is -4.03. The molecule has 0 bridgehead atoms. The van der Waals surface area contributed by atoms with Crippen LogP contribution in [-0.4, -0.2) is 69.4 Å². The van der Waals surface area contributed by atoms with Crippen molar-refractivity contribution in [3.05, 3.63) is 89.5 Å². The lowest BCUT2D eigenvalue weighted by Gasteiger charge is -2.37. The smallest absolute Gasteiger partial charge is 0.247 e. The van der Waals surface area contributed by atoms with Crippen LogP contribution < -0.4 is 4.74 Å². The number of hydrogen-bond acceptors (Lipinski definition) is 6. The molecule has 0 saturated carbocycles. The summed E-state index contributed by atoms with van der Waals surface area (Å²) < 4.78 is 62.9. The van der Waals surface area contributed by atoms with E-state index < -0.39 is 38.1 Å². The highest BCUT2D eigenvalue weighted by Crippen LogP contribution is 2.34. The van der Waals surface area contributed by atoms with Gasteiger partial charge in [0.25, 0.3) is 0 Å². The third kappa shape index (κ3) is 6.40. The fourth-order valence-electron chi connectivity index (χ4n) is 4.43. The van der Waals surface area contributed by atoms with Gasteiger partial charge in [0.15, 0.2) is 0 Å². The largest absolute Gasteiger partial charge is 0.487 e. The van der Waals surface area contributed by atoms with Gasteiger partial charge in [-0.2, -0.15) is 8.61 Å². The van der Waals surface area contributed by atoms with E-state index in [9.17, 15) is 21.9 Å². The van der Waals surface area contributed by atoms with E-state index in [-0.39, 0.29) is 35.2 Å². The summed E-state index contributed by atoms with van der Waals surface area (Å²) in [6.45, 7) is 4.99. The molecule has 3 atom stereocenters. The van der Waals surface area contributed by atoms with E-state index in [4.69, 9.17) is 4.74 Å². The molecule has 3 aromatic rings. The van der Waals surface area contributed by atoms with E-state index in [0.29, 0.717) is 5.56 Å². The molecule has 0 saturated heterocycles. The van der Waals surface area contributed by atoms with E-state index in [1.54, 1.807) is 43.3 Å². The zero-order valence-corrected chi connectivity index (χ0v) is 24.6. The van der Waals surface area contributed by atoms with Gasteiger partial charge in [-0.3, -0.25) is 0 Å². The van der Waals surface area contributed by atoms with Crippen molar-refractivity contribution in [3.63, 3.8) is 0 Å². The van der Waals surface area contributed by atoms with Crippen LogP contribution in [0.15, 0.2) is 82.6 Å². The van der Waals surface area contributed by atoms with Crippen LogP contribution in [0.2, 0.25) is 0 Å². The maximum Gasteiger partial charge on any atom is 0.247 e. The third-order valence-corrected chi connectivity index (χ3v) is 10.8. The fraction of sp³-hybridized carbons (Fsp3) is 0.333. The van der Waals surface area contributed by atoms with Crippen LogP contribution >= 0.6 is 0 Å². The Morgan fingerprint density at radius 1 is 1.05 bits per heavy atom. The first-order valence-electron chi connectivity index (χ1n) is 13.0. The van der Waals surface area contributed by atoms with Gasteiger partial charge >= 0.3 is 0 Å². The molecule has 212 valence electrons. The quantitative estimate of drug-likeness (QED) is 0.447. The number of aliphatic hydroxyl groups excluding tert-OH is 1. The van der Waals surface area contributed by atoms with E-state index in [1.807, 2.05) is 44.2 Å². The standard InChI is InChI=1S/C30H34N2O6S2/c1-22-10-15-27(16-11-22)39(34,35)31(4)20-29-23(2)19-32(24(3)21-33)40(36,37)30-17-14-26(18-28(30)38-29)13-12-25-8-6-5-7-9-25/h5-11,14-18,23-24,29,33H,19-21H2,1-4H3/t23-,24-,29-/m1/s1. The monoisotopic (exact) mass is 582 g/mol. The zero-order chi connectivity index (χ0) is 29.1. The molecular weight excluding hydrogens is 548 g/mol. The molecule has 0 aromatic heterocycles. The van der Waals surface area contributed by atoms with Gasteiger partial charge in [0.2, 0.25) is 20.0 Å². The second-order valence-corrected chi connectivity index (χ2v) is 14.0. The Morgan fingerprint density at radius 3 is 2.35 bits per heavy atom. The molecule has 1 N–H and O–H groups in total. The summed E-state index contributed by atoms with van der Waals surface area (Å²) in [4.78, 5) is 0.107. The Bertz CT molecular complexity index is 1610. The maximum absolute atomic E-state index is 13.7. The average molecular weight is 583 g/mol. The summed E-state index contributed by atoms with van der Waals surface area (Å²) in [6, 6.07) is 20.0. The van der Waals surface area contributed by atoms with Crippen LogP contribution in [0.5, 0.6) is 5.75 Å². The van der Waals surface area contributed by atoms with Gasteiger partial charge in [-0.15, -0.1) is 0 Å². The number of aliphatic hydroxyl groups is 1. The molecule has 1 heterocycles. The van der Waals surface area contributed by atoms with Gasteiger partial charge in [-0.25, -0.2) is 16.8 Å². The summed E-state index contributed by atoms with van der Waals surface area (Å²) in [5.74, 6) is 5.79. The van der Waals surface area contributed by atoms with Crippen LogP contribution in [0.25, 0.3) is 0 Å². The number of sulfonamides is 2. The Hall–Kier alpha value is -3.20. The second kappa shape index (κ2) is 12.1. The molecule has 0 radical (unpaired) electrons. The van der Waals surface area contributed by atoms with E-state index in [0.717, 1.165) is 11.1 Å². The lowest BCUT2D eigenvalue weighted by Crippen LogP contribution is -2.50. The number of nitrogens with zero attached hydrogens (tertiary/aromatic N) is 2. The van der Waals surface area contributed by atoms with Crippen molar-refractivity contribution in [1.82, 2.24) is 8.61 Å². The maximum atomic E-state index is 13.7. The highest BCUT2D eigenvalue weighted by Gasteiger charge is 2.39. The number of hydrogen-bond donors (Lipinski definition) is 1. The molecule has 0 fully saturated rings. The predicted molar refractivity (Wildman–Crippen MR) is 154 cm³/mol. The van der Waals surface area contributed by atoms with Crippen LogP contribution in [0.4, 0.5) is 0 Å². The molecule has 4 rings (SSSR count). The average Bonchev–Trinajstić information content (AvgIpc) is 2.94. The molecule has 1 aliphatic rings. The number of rotatable bonds is 6. The first kappa shape index (κ1) is 29.8. The van der Waals surface area contributed by atoms with E-state index in [2.05, 4.69) is 11.8 Å². The highest BCUT2D eigenvalue weighted by atomic mass is 32.2. The second-order valence-electron chi connectivity index (χ2n) is 10.1. The Kier molecular flexibility index (Phi) is 9.02. The Balaban J connectivity index is 1.74.